The first kappa shape index (κ1) is 12.1. The van der Waals surface area contributed by atoms with Crippen LogP contribution in [0.25, 0.3) is 0 Å². The van der Waals surface area contributed by atoms with Gasteiger partial charge in [0.1, 0.15) is 11.6 Å². The predicted molar refractivity (Wildman–Crippen MR) is 56.7 cm³/mol. The number of alkyl halides is 1. The van der Waals surface area contributed by atoms with Crippen LogP contribution >= 0.6 is 15.9 Å². The van der Waals surface area contributed by atoms with E-state index in [2.05, 4.69) is 21.2 Å². The van der Waals surface area contributed by atoms with Crippen LogP contribution in [0.2, 0.25) is 0 Å². The molecule has 0 aliphatic heterocycles. The average Bonchev–Trinajstić information content (AvgIpc) is 2.21. The molecule has 1 amide bonds. The summed E-state index contributed by atoms with van der Waals surface area (Å²) in [7, 11) is 0. The van der Waals surface area contributed by atoms with Gasteiger partial charge in [0.05, 0.1) is 11.4 Å². The van der Waals surface area contributed by atoms with E-state index in [1.165, 1.54) is 0 Å². The Labute approximate surface area is 94.8 Å². The van der Waals surface area contributed by atoms with Gasteiger partial charge in [0.25, 0.3) is 0 Å². The summed E-state index contributed by atoms with van der Waals surface area (Å²) < 4.78 is 26.1. The largest absolute Gasteiger partial charge is 0.349 e. The van der Waals surface area contributed by atoms with E-state index in [0.717, 1.165) is 18.2 Å². The van der Waals surface area contributed by atoms with Crippen molar-refractivity contribution >= 4 is 21.8 Å². The summed E-state index contributed by atoms with van der Waals surface area (Å²) in [6, 6.07) is 2.61. The molecule has 1 aromatic carbocycles. The summed E-state index contributed by atoms with van der Waals surface area (Å²) in [5, 5.41) is 2.65. The topological polar surface area (TPSA) is 29.1 Å². The zero-order valence-corrected chi connectivity index (χ0v) is 9.64. The van der Waals surface area contributed by atoms with E-state index in [0.29, 0.717) is 0 Å². The van der Waals surface area contributed by atoms with Crippen molar-refractivity contribution in [2.75, 3.05) is 5.33 Å². The SMILES string of the molecule is CC(NC(=O)CBr)c1cc(F)ccc1F. The molecular weight excluding hydrogens is 268 g/mol. The molecule has 0 aliphatic carbocycles. The number of carbonyl (C=O) groups is 1. The monoisotopic (exact) mass is 277 g/mol. The molecule has 1 rings (SSSR count). The smallest absolute Gasteiger partial charge is 0.231 e. The zero-order valence-electron chi connectivity index (χ0n) is 8.06. The molecule has 1 N–H and O–H groups in total. The van der Waals surface area contributed by atoms with E-state index < -0.39 is 17.7 Å². The lowest BCUT2D eigenvalue weighted by Crippen LogP contribution is -2.28. The van der Waals surface area contributed by atoms with Gasteiger partial charge < -0.3 is 5.32 Å². The van der Waals surface area contributed by atoms with Crippen LogP contribution in [0.3, 0.4) is 0 Å². The Kier molecular flexibility index (Phi) is 4.20. The van der Waals surface area contributed by atoms with Gasteiger partial charge in [-0.25, -0.2) is 8.78 Å². The van der Waals surface area contributed by atoms with Crippen LogP contribution < -0.4 is 5.32 Å². The molecule has 15 heavy (non-hydrogen) atoms. The Morgan fingerprint density at radius 2 is 2.20 bits per heavy atom. The molecule has 0 spiro atoms. The number of hydrogen-bond acceptors (Lipinski definition) is 1. The van der Waals surface area contributed by atoms with Crippen LogP contribution in [-0.2, 0) is 4.79 Å². The van der Waals surface area contributed by atoms with Crippen molar-refractivity contribution in [1.29, 1.82) is 0 Å². The number of rotatable bonds is 3. The van der Waals surface area contributed by atoms with Crippen molar-refractivity contribution in [2.24, 2.45) is 0 Å². The molecule has 0 fully saturated rings. The highest BCUT2D eigenvalue weighted by atomic mass is 79.9. The van der Waals surface area contributed by atoms with E-state index in [-0.39, 0.29) is 16.8 Å². The van der Waals surface area contributed by atoms with Crippen LogP contribution in [0, 0.1) is 11.6 Å². The Hall–Kier alpha value is -0.970. The van der Waals surface area contributed by atoms with Gasteiger partial charge in [0.15, 0.2) is 0 Å². The molecule has 1 atom stereocenters. The van der Waals surface area contributed by atoms with E-state index >= 15 is 0 Å². The molecule has 0 heterocycles. The van der Waals surface area contributed by atoms with E-state index in [1.54, 1.807) is 6.92 Å². The second kappa shape index (κ2) is 5.21. The highest BCUT2D eigenvalue weighted by molar-refractivity contribution is 9.09. The zero-order chi connectivity index (χ0) is 11.4. The van der Waals surface area contributed by atoms with E-state index in [9.17, 15) is 13.6 Å². The normalized spacial score (nSPS) is 12.3. The second-order valence-electron chi connectivity index (χ2n) is 3.09. The number of amides is 1. The third-order valence-electron chi connectivity index (χ3n) is 1.92. The predicted octanol–water partition coefficient (Wildman–Crippen LogP) is 2.54. The number of carbonyl (C=O) groups excluding carboxylic acids is 1. The average molecular weight is 278 g/mol. The summed E-state index contributed by atoms with van der Waals surface area (Å²) in [4.78, 5) is 11.0. The maximum Gasteiger partial charge on any atom is 0.231 e. The van der Waals surface area contributed by atoms with Crippen molar-refractivity contribution in [3.63, 3.8) is 0 Å². The van der Waals surface area contributed by atoms with Crippen LogP contribution in [0.1, 0.15) is 18.5 Å². The van der Waals surface area contributed by atoms with E-state index in [1.807, 2.05) is 0 Å². The molecule has 0 saturated carbocycles. The minimum atomic E-state index is -0.550. The number of halogens is 3. The summed E-state index contributed by atoms with van der Waals surface area (Å²) in [6.45, 7) is 1.60. The van der Waals surface area contributed by atoms with Gasteiger partial charge in [0.2, 0.25) is 5.91 Å². The van der Waals surface area contributed by atoms with Crippen molar-refractivity contribution in [3.8, 4) is 0 Å². The third kappa shape index (κ3) is 3.27. The first-order valence-electron chi connectivity index (χ1n) is 4.35. The molecule has 82 valence electrons. The number of hydrogen-bond donors (Lipinski definition) is 1. The molecule has 1 unspecified atom stereocenters. The van der Waals surface area contributed by atoms with Gasteiger partial charge in [0, 0.05) is 5.56 Å². The molecule has 1 aromatic rings. The fraction of sp³-hybridized carbons (Fsp3) is 0.300. The third-order valence-corrected chi connectivity index (χ3v) is 2.43. The lowest BCUT2D eigenvalue weighted by molar-refractivity contribution is -0.119. The van der Waals surface area contributed by atoms with Gasteiger partial charge in [-0.05, 0) is 25.1 Å². The van der Waals surface area contributed by atoms with Gasteiger partial charge in [-0.3, -0.25) is 4.79 Å². The summed E-state index contributed by atoms with van der Waals surface area (Å²) >= 11 is 2.97. The fourth-order valence-electron chi connectivity index (χ4n) is 1.20. The highest BCUT2D eigenvalue weighted by Crippen LogP contribution is 2.17. The number of nitrogens with one attached hydrogen (secondary N) is 1. The van der Waals surface area contributed by atoms with Crippen LogP contribution in [-0.4, -0.2) is 11.2 Å². The molecule has 0 radical (unpaired) electrons. The first-order chi connectivity index (χ1) is 7.04. The summed E-state index contributed by atoms with van der Waals surface area (Å²) in [5.41, 5.74) is 0.143. The maximum atomic E-state index is 13.2. The maximum absolute atomic E-state index is 13.2. The first-order valence-corrected chi connectivity index (χ1v) is 5.47. The summed E-state index contributed by atoms with van der Waals surface area (Å²) in [6.07, 6.45) is 0. The van der Waals surface area contributed by atoms with Gasteiger partial charge in [-0.1, -0.05) is 15.9 Å². The molecule has 0 bridgehead atoms. The van der Waals surface area contributed by atoms with Crippen molar-refractivity contribution in [1.82, 2.24) is 5.32 Å². The second-order valence-corrected chi connectivity index (χ2v) is 3.65. The Morgan fingerprint density at radius 3 is 2.80 bits per heavy atom. The quantitative estimate of drug-likeness (QED) is 0.846. The van der Waals surface area contributed by atoms with Gasteiger partial charge >= 0.3 is 0 Å². The highest BCUT2D eigenvalue weighted by Gasteiger charge is 2.13. The van der Waals surface area contributed by atoms with Crippen molar-refractivity contribution in [3.05, 3.63) is 35.4 Å². The van der Waals surface area contributed by atoms with Crippen LogP contribution in [0.5, 0.6) is 0 Å². The lowest BCUT2D eigenvalue weighted by Gasteiger charge is -2.14. The molecular formula is C10H10BrF2NO. The minimum Gasteiger partial charge on any atom is -0.349 e. The summed E-state index contributed by atoms with van der Waals surface area (Å²) in [5.74, 6) is -1.32. The Balaban J connectivity index is 2.85. The van der Waals surface area contributed by atoms with E-state index in [4.69, 9.17) is 0 Å². The Morgan fingerprint density at radius 1 is 1.53 bits per heavy atom. The lowest BCUT2D eigenvalue weighted by atomic mass is 10.1. The van der Waals surface area contributed by atoms with Crippen molar-refractivity contribution < 1.29 is 13.6 Å². The molecule has 2 nitrogen and oxygen atoms in total. The molecule has 0 aromatic heterocycles. The molecule has 0 saturated heterocycles. The number of benzene rings is 1. The van der Waals surface area contributed by atoms with Crippen LogP contribution in [0.4, 0.5) is 8.78 Å². The van der Waals surface area contributed by atoms with Crippen molar-refractivity contribution in [2.45, 2.75) is 13.0 Å². The molecule has 5 heteroatoms. The van der Waals surface area contributed by atoms with Gasteiger partial charge in [-0.15, -0.1) is 0 Å². The Bertz CT molecular complexity index is 370. The van der Waals surface area contributed by atoms with Crippen LogP contribution in [0.15, 0.2) is 18.2 Å². The minimum absolute atomic E-state index is 0.133. The molecule has 0 aliphatic rings. The fourth-order valence-corrected chi connectivity index (χ4v) is 1.37. The standard InChI is InChI=1S/C10H10BrF2NO/c1-6(14-10(15)5-11)8-4-7(12)2-3-9(8)13/h2-4,6H,5H2,1H3,(H,14,15). The van der Waals surface area contributed by atoms with Gasteiger partial charge in [-0.2, -0.15) is 0 Å².